The number of hydrogen-bond donors (Lipinski definition) is 0. The van der Waals surface area contributed by atoms with E-state index in [0.717, 1.165) is 0 Å². The highest BCUT2D eigenvalue weighted by Gasteiger charge is 2.20. The summed E-state index contributed by atoms with van der Waals surface area (Å²) in [6.45, 7) is 5.78. The molecule has 0 aliphatic carbocycles. The van der Waals surface area contributed by atoms with Gasteiger partial charge in [-0.3, -0.25) is 4.79 Å². The van der Waals surface area contributed by atoms with E-state index in [9.17, 15) is 9.18 Å². The van der Waals surface area contributed by atoms with Gasteiger partial charge in [-0.2, -0.15) is 0 Å². The number of carbonyl (C=O) groups is 1. The quantitative estimate of drug-likeness (QED) is 0.717. The summed E-state index contributed by atoms with van der Waals surface area (Å²) in [6.07, 6.45) is 0. The molecule has 0 fully saturated rings. The van der Waals surface area contributed by atoms with Crippen LogP contribution in [0.1, 0.15) is 36.7 Å². The third-order valence-corrected chi connectivity index (χ3v) is 2.43. The maximum atomic E-state index is 13.6. The first-order valence-corrected chi connectivity index (χ1v) is 5.25. The molecule has 88 valence electrons. The zero-order valence-electron chi connectivity index (χ0n) is 10.5. The van der Waals surface area contributed by atoms with Gasteiger partial charge >= 0.3 is 0 Å². The van der Waals surface area contributed by atoms with Crippen molar-refractivity contribution in [1.82, 2.24) is 4.90 Å². The molecule has 0 aliphatic heterocycles. The largest absolute Gasteiger partial charge is 0.345 e. The summed E-state index contributed by atoms with van der Waals surface area (Å²) in [7, 11) is 3.37. The van der Waals surface area contributed by atoms with Crippen molar-refractivity contribution in [3.63, 3.8) is 0 Å². The van der Waals surface area contributed by atoms with Crippen molar-refractivity contribution in [2.75, 3.05) is 14.1 Å². The molecule has 1 aromatic carbocycles. The van der Waals surface area contributed by atoms with Crippen LogP contribution in [-0.4, -0.2) is 24.9 Å². The van der Waals surface area contributed by atoms with Gasteiger partial charge in [-0.25, -0.2) is 4.39 Å². The summed E-state index contributed by atoms with van der Waals surface area (Å²) in [5.74, 6) is -0.367. The Labute approximate surface area is 96.1 Å². The highest BCUT2D eigenvalue weighted by Crippen LogP contribution is 2.26. The van der Waals surface area contributed by atoms with Crippen molar-refractivity contribution in [2.24, 2.45) is 0 Å². The van der Waals surface area contributed by atoms with Gasteiger partial charge in [0.25, 0.3) is 5.91 Å². The third-order valence-electron chi connectivity index (χ3n) is 2.43. The Hall–Kier alpha value is -1.38. The number of halogens is 1. The average Bonchev–Trinajstić information content (AvgIpc) is 2.15. The summed E-state index contributed by atoms with van der Waals surface area (Å²) >= 11 is 0. The van der Waals surface area contributed by atoms with Crippen molar-refractivity contribution in [1.29, 1.82) is 0 Å². The third kappa shape index (κ3) is 2.60. The van der Waals surface area contributed by atoms with Crippen molar-refractivity contribution >= 4 is 5.91 Å². The molecule has 0 radical (unpaired) electrons. The van der Waals surface area contributed by atoms with Crippen LogP contribution in [0.2, 0.25) is 0 Å². The number of carbonyl (C=O) groups excluding carboxylic acids is 1. The van der Waals surface area contributed by atoms with Crippen LogP contribution in [-0.2, 0) is 5.41 Å². The predicted octanol–water partition coefficient (Wildman–Crippen LogP) is 2.83. The average molecular weight is 223 g/mol. The normalized spacial score (nSPS) is 11.4. The highest BCUT2D eigenvalue weighted by atomic mass is 19.1. The summed E-state index contributed by atoms with van der Waals surface area (Å²) in [4.78, 5) is 13.2. The lowest BCUT2D eigenvalue weighted by molar-refractivity contribution is 0.0827. The molecule has 0 unspecified atom stereocenters. The van der Waals surface area contributed by atoms with Crippen LogP contribution in [0, 0.1) is 5.82 Å². The Morgan fingerprint density at radius 1 is 1.25 bits per heavy atom. The Morgan fingerprint density at radius 2 is 1.81 bits per heavy atom. The lowest BCUT2D eigenvalue weighted by Crippen LogP contribution is -2.23. The van der Waals surface area contributed by atoms with Gasteiger partial charge in [0.1, 0.15) is 5.82 Å². The minimum Gasteiger partial charge on any atom is -0.345 e. The molecule has 16 heavy (non-hydrogen) atoms. The number of hydrogen-bond acceptors (Lipinski definition) is 1. The summed E-state index contributed by atoms with van der Waals surface area (Å²) in [5.41, 5.74) is 0.795. The molecule has 0 saturated heterocycles. The van der Waals surface area contributed by atoms with Crippen LogP contribution in [0.3, 0.4) is 0 Å². The van der Waals surface area contributed by atoms with Gasteiger partial charge in [0.2, 0.25) is 0 Å². The summed E-state index contributed by atoms with van der Waals surface area (Å²) in [5, 5.41) is 0. The van der Waals surface area contributed by atoms with Crippen molar-refractivity contribution in [3.05, 3.63) is 35.1 Å². The molecular weight excluding hydrogens is 205 g/mol. The maximum Gasteiger partial charge on any atom is 0.253 e. The molecule has 1 aromatic rings. The van der Waals surface area contributed by atoms with Crippen molar-refractivity contribution in [2.45, 2.75) is 26.2 Å². The number of benzene rings is 1. The molecule has 1 amide bonds. The fourth-order valence-electron chi connectivity index (χ4n) is 1.49. The Bertz CT molecular complexity index is 405. The minimum atomic E-state index is -0.299. The molecular formula is C13H18FNO. The molecule has 0 spiro atoms. The molecule has 0 aliphatic rings. The van der Waals surface area contributed by atoms with Gasteiger partial charge in [-0.1, -0.05) is 20.8 Å². The molecule has 0 atom stereocenters. The van der Waals surface area contributed by atoms with Crippen LogP contribution in [0.15, 0.2) is 18.2 Å². The lowest BCUT2D eigenvalue weighted by Gasteiger charge is -2.21. The Morgan fingerprint density at radius 3 is 2.25 bits per heavy atom. The standard InChI is InChI=1S/C13H18FNO/c1-13(2,3)10-8-9(6-7-11(10)14)12(16)15(4)5/h6-8H,1-5H3. The van der Waals surface area contributed by atoms with E-state index in [1.165, 1.54) is 17.0 Å². The molecule has 3 heteroatoms. The Kier molecular flexibility index (Phi) is 3.36. The van der Waals surface area contributed by atoms with E-state index >= 15 is 0 Å². The first kappa shape index (κ1) is 12.7. The second-order valence-corrected chi connectivity index (χ2v) is 5.14. The Balaban J connectivity index is 3.23. The minimum absolute atomic E-state index is 0.106. The van der Waals surface area contributed by atoms with E-state index in [1.807, 2.05) is 20.8 Å². The summed E-state index contributed by atoms with van der Waals surface area (Å²) < 4.78 is 13.6. The predicted molar refractivity (Wildman–Crippen MR) is 63.1 cm³/mol. The smallest absolute Gasteiger partial charge is 0.253 e. The van der Waals surface area contributed by atoms with Gasteiger partial charge in [-0.05, 0) is 29.2 Å². The lowest BCUT2D eigenvalue weighted by atomic mass is 9.85. The van der Waals surface area contributed by atoms with Crippen molar-refractivity contribution < 1.29 is 9.18 Å². The zero-order valence-corrected chi connectivity index (χ0v) is 10.5. The second-order valence-electron chi connectivity index (χ2n) is 5.14. The molecule has 1 rings (SSSR count). The topological polar surface area (TPSA) is 20.3 Å². The molecule has 0 aromatic heterocycles. The highest BCUT2D eigenvalue weighted by molar-refractivity contribution is 5.94. The molecule has 0 bridgehead atoms. The summed E-state index contributed by atoms with van der Waals surface area (Å²) in [6, 6.07) is 4.52. The monoisotopic (exact) mass is 223 g/mol. The van der Waals surface area contributed by atoms with Crippen molar-refractivity contribution in [3.8, 4) is 0 Å². The van der Waals surface area contributed by atoms with Crippen LogP contribution in [0.5, 0.6) is 0 Å². The van der Waals surface area contributed by atoms with Gasteiger partial charge < -0.3 is 4.90 Å². The SMILES string of the molecule is CN(C)C(=O)c1ccc(F)c(C(C)(C)C)c1. The molecule has 0 heterocycles. The van der Waals surface area contributed by atoms with Gasteiger partial charge in [0.15, 0.2) is 0 Å². The number of nitrogens with zero attached hydrogens (tertiary/aromatic N) is 1. The van der Waals surface area contributed by atoms with Crippen LogP contribution >= 0.6 is 0 Å². The number of amides is 1. The van der Waals surface area contributed by atoms with Crippen LogP contribution in [0.25, 0.3) is 0 Å². The zero-order chi connectivity index (χ0) is 12.5. The molecule has 0 N–H and O–H groups in total. The maximum absolute atomic E-state index is 13.6. The second kappa shape index (κ2) is 4.24. The van der Waals surface area contributed by atoms with E-state index in [0.29, 0.717) is 11.1 Å². The fraction of sp³-hybridized carbons (Fsp3) is 0.462. The van der Waals surface area contributed by atoms with Gasteiger partial charge in [0.05, 0.1) is 0 Å². The van der Waals surface area contributed by atoms with E-state index < -0.39 is 0 Å². The number of rotatable bonds is 1. The van der Waals surface area contributed by atoms with Gasteiger partial charge in [0, 0.05) is 19.7 Å². The first-order valence-electron chi connectivity index (χ1n) is 5.25. The van der Waals surface area contributed by atoms with E-state index in [4.69, 9.17) is 0 Å². The van der Waals surface area contributed by atoms with E-state index in [-0.39, 0.29) is 17.1 Å². The van der Waals surface area contributed by atoms with Crippen LogP contribution in [0.4, 0.5) is 4.39 Å². The molecule has 2 nitrogen and oxygen atoms in total. The first-order chi connectivity index (χ1) is 7.23. The fourth-order valence-corrected chi connectivity index (χ4v) is 1.49. The van der Waals surface area contributed by atoms with Crippen LogP contribution < -0.4 is 0 Å². The van der Waals surface area contributed by atoms with Gasteiger partial charge in [-0.15, -0.1) is 0 Å². The molecule has 0 saturated carbocycles. The van der Waals surface area contributed by atoms with E-state index in [2.05, 4.69) is 0 Å². The van der Waals surface area contributed by atoms with E-state index in [1.54, 1.807) is 20.2 Å².